The maximum atomic E-state index is 12.3. The minimum absolute atomic E-state index is 0.0692. The maximum absolute atomic E-state index is 12.3. The van der Waals surface area contributed by atoms with Gasteiger partial charge in [0.05, 0.1) is 14.2 Å². The van der Waals surface area contributed by atoms with Gasteiger partial charge in [-0.25, -0.2) is 0 Å². The third-order valence-electron chi connectivity index (χ3n) is 3.61. The molecule has 0 unspecified atom stereocenters. The summed E-state index contributed by atoms with van der Waals surface area (Å²) >= 11 is 3.62. The van der Waals surface area contributed by atoms with Crippen LogP contribution in [0.25, 0.3) is 0 Å². The fourth-order valence-corrected chi connectivity index (χ4v) is 2.93. The van der Waals surface area contributed by atoms with E-state index in [1.54, 1.807) is 32.4 Å². The van der Waals surface area contributed by atoms with Gasteiger partial charge < -0.3 is 14.8 Å². The molecule has 1 aromatic carbocycles. The van der Waals surface area contributed by atoms with Gasteiger partial charge in [-0.1, -0.05) is 15.9 Å². The van der Waals surface area contributed by atoms with E-state index in [-0.39, 0.29) is 11.9 Å². The van der Waals surface area contributed by atoms with E-state index in [9.17, 15) is 4.79 Å². The lowest BCUT2D eigenvalue weighted by molar-refractivity contribution is 0.0927. The maximum Gasteiger partial charge on any atom is 0.251 e. The van der Waals surface area contributed by atoms with Gasteiger partial charge in [0.25, 0.3) is 5.91 Å². The summed E-state index contributed by atoms with van der Waals surface area (Å²) < 4.78 is 10.4. The number of alkyl halides is 1. The van der Waals surface area contributed by atoms with Crippen LogP contribution < -0.4 is 14.8 Å². The Kier molecular flexibility index (Phi) is 5.29. The van der Waals surface area contributed by atoms with E-state index in [1.165, 1.54) is 0 Å². The molecule has 2 rings (SSSR count). The van der Waals surface area contributed by atoms with Crippen LogP contribution >= 0.6 is 15.9 Å². The minimum atomic E-state index is -0.0692. The molecule has 0 saturated heterocycles. The Balaban J connectivity index is 2.04. The average molecular weight is 342 g/mol. The van der Waals surface area contributed by atoms with Crippen LogP contribution in [0.2, 0.25) is 0 Å². The number of carbonyl (C=O) groups is 1. The number of methoxy groups -OCH3 is 2. The third kappa shape index (κ3) is 3.88. The van der Waals surface area contributed by atoms with E-state index in [2.05, 4.69) is 21.2 Å². The second kappa shape index (κ2) is 6.97. The lowest BCUT2D eigenvalue weighted by Crippen LogP contribution is -2.37. The van der Waals surface area contributed by atoms with Gasteiger partial charge >= 0.3 is 0 Å². The molecule has 5 heteroatoms. The highest BCUT2D eigenvalue weighted by Crippen LogP contribution is 2.26. The van der Waals surface area contributed by atoms with Crippen LogP contribution in [0, 0.1) is 0 Å². The fourth-order valence-electron chi connectivity index (χ4n) is 2.40. The van der Waals surface area contributed by atoms with Gasteiger partial charge in [-0.2, -0.15) is 0 Å². The van der Waals surface area contributed by atoms with Gasteiger partial charge in [0, 0.05) is 22.5 Å². The quantitative estimate of drug-likeness (QED) is 0.856. The number of halogens is 1. The first kappa shape index (κ1) is 15.2. The van der Waals surface area contributed by atoms with Crippen LogP contribution in [0.15, 0.2) is 18.2 Å². The van der Waals surface area contributed by atoms with Gasteiger partial charge in [-0.05, 0) is 37.8 Å². The first-order chi connectivity index (χ1) is 9.62. The highest BCUT2D eigenvalue weighted by Gasteiger charge is 2.21. The normalized spacial score (nSPS) is 22.1. The molecule has 0 spiro atoms. The summed E-state index contributed by atoms with van der Waals surface area (Å²) in [4.78, 5) is 12.9. The molecule has 1 aliphatic carbocycles. The van der Waals surface area contributed by atoms with E-state index in [4.69, 9.17) is 9.47 Å². The molecule has 20 heavy (non-hydrogen) atoms. The Bertz CT molecular complexity index is 448. The molecule has 1 fully saturated rings. The van der Waals surface area contributed by atoms with Crippen LogP contribution in [0.1, 0.15) is 36.0 Å². The molecule has 0 aromatic heterocycles. The Hall–Kier alpha value is -1.23. The SMILES string of the molecule is COc1cc(OC)cc(C(=O)NC2CCC(Br)CC2)c1. The van der Waals surface area contributed by atoms with Crippen LogP contribution in [-0.4, -0.2) is 31.0 Å². The number of hydrogen-bond acceptors (Lipinski definition) is 3. The van der Waals surface area contributed by atoms with Gasteiger partial charge in [-0.15, -0.1) is 0 Å². The molecule has 1 aromatic rings. The largest absolute Gasteiger partial charge is 0.497 e. The summed E-state index contributed by atoms with van der Waals surface area (Å²) in [7, 11) is 3.15. The second-order valence-corrected chi connectivity index (χ2v) is 6.32. The minimum Gasteiger partial charge on any atom is -0.497 e. The first-order valence-corrected chi connectivity index (χ1v) is 7.72. The van der Waals surface area contributed by atoms with E-state index >= 15 is 0 Å². The number of carbonyl (C=O) groups excluding carboxylic acids is 1. The second-order valence-electron chi connectivity index (χ2n) is 5.02. The van der Waals surface area contributed by atoms with Crippen LogP contribution in [0.5, 0.6) is 11.5 Å². The van der Waals surface area contributed by atoms with Gasteiger partial charge in [0.2, 0.25) is 0 Å². The molecule has 1 amide bonds. The molecule has 0 bridgehead atoms. The number of amides is 1. The Morgan fingerprint density at radius 3 is 2.15 bits per heavy atom. The standard InChI is InChI=1S/C15H20BrNO3/c1-19-13-7-10(8-14(9-13)20-2)15(18)17-12-5-3-11(16)4-6-12/h7-9,11-12H,3-6H2,1-2H3,(H,17,18). The molecule has 0 atom stereocenters. The zero-order valence-corrected chi connectivity index (χ0v) is 13.4. The van der Waals surface area contributed by atoms with Crippen LogP contribution in [0.3, 0.4) is 0 Å². The van der Waals surface area contributed by atoms with Crippen molar-refractivity contribution < 1.29 is 14.3 Å². The van der Waals surface area contributed by atoms with Crippen molar-refractivity contribution in [1.82, 2.24) is 5.32 Å². The molecular formula is C15H20BrNO3. The predicted octanol–water partition coefficient (Wildman–Crippen LogP) is 3.14. The van der Waals surface area contributed by atoms with Crippen molar-refractivity contribution in [3.8, 4) is 11.5 Å². The molecule has 0 aliphatic heterocycles. The lowest BCUT2D eigenvalue weighted by Gasteiger charge is -2.26. The van der Waals surface area contributed by atoms with Gasteiger partial charge in [0.1, 0.15) is 11.5 Å². The van der Waals surface area contributed by atoms with Gasteiger partial charge in [0.15, 0.2) is 0 Å². The summed E-state index contributed by atoms with van der Waals surface area (Å²) in [5.74, 6) is 1.18. The number of rotatable bonds is 4. The van der Waals surface area contributed by atoms with E-state index in [1.807, 2.05) is 0 Å². The molecular weight excluding hydrogens is 322 g/mol. The highest BCUT2D eigenvalue weighted by atomic mass is 79.9. The topological polar surface area (TPSA) is 47.6 Å². The molecule has 0 radical (unpaired) electrons. The van der Waals surface area contributed by atoms with Crippen molar-refractivity contribution >= 4 is 21.8 Å². The Labute approximate surface area is 128 Å². The van der Waals surface area contributed by atoms with Gasteiger partial charge in [-0.3, -0.25) is 4.79 Å². The summed E-state index contributed by atoms with van der Waals surface area (Å²) in [6, 6.07) is 5.47. The van der Waals surface area contributed by atoms with Crippen LogP contribution in [-0.2, 0) is 0 Å². The van der Waals surface area contributed by atoms with Crippen molar-refractivity contribution in [1.29, 1.82) is 0 Å². The highest BCUT2D eigenvalue weighted by molar-refractivity contribution is 9.09. The fraction of sp³-hybridized carbons (Fsp3) is 0.533. The summed E-state index contributed by atoms with van der Waals surface area (Å²) in [6.07, 6.45) is 4.24. The lowest BCUT2D eigenvalue weighted by atomic mass is 9.95. The number of ether oxygens (including phenoxy) is 2. The predicted molar refractivity (Wildman–Crippen MR) is 82.0 cm³/mol. The number of nitrogens with one attached hydrogen (secondary N) is 1. The van der Waals surface area contributed by atoms with E-state index in [0.29, 0.717) is 21.9 Å². The molecule has 1 N–H and O–H groups in total. The van der Waals surface area contributed by atoms with Crippen LogP contribution in [0.4, 0.5) is 0 Å². The molecule has 110 valence electrons. The molecule has 0 heterocycles. The monoisotopic (exact) mass is 341 g/mol. The molecule has 1 saturated carbocycles. The van der Waals surface area contributed by atoms with Crippen molar-refractivity contribution in [3.05, 3.63) is 23.8 Å². The number of hydrogen-bond donors (Lipinski definition) is 1. The van der Waals surface area contributed by atoms with Crippen molar-refractivity contribution in [2.75, 3.05) is 14.2 Å². The number of benzene rings is 1. The average Bonchev–Trinajstić information content (AvgIpc) is 2.48. The summed E-state index contributed by atoms with van der Waals surface area (Å²) in [5.41, 5.74) is 0.571. The zero-order valence-electron chi connectivity index (χ0n) is 11.8. The Morgan fingerprint density at radius 2 is 1.65 bits per heavy atom. The summed E-state index contributed by atoms with van der Waals surface area (Å²) in [6.45, 7) is 0. The molecule has 1 aliphatic rings. The van der Waals surface area contributed by atoms with Crippen molar-refractivity contribution in [3.63, 3.8) is 0 Å². The van der Waals surface area contributed by atoms with Crippen molar-refractivity contribution in [2.45, 2.75) is 36.6 Å². The van der Waals surface area contributed by atoms with E-state index in [0.717, 1.165) is 25.7 Å². The molecule has 4 nitrogen and oxygen atoms in total. The smallest absolute Gasteiger partial charge is 0.251 e. The summed E-state index contributed by atoms with van der Waals surface area (Å²) in [5, 5.41) is 3.09. The Morgan fingerprint density at radius 1 is 1.10 bits per heavy atom. The van der Waals surface area contributed by atoms with Crippen molar-refractivity contribution in [2.24, 2.45) is 0 Å². The first-order valence-electron chi connectivity index (χ1n) is 6.80. The third-order valence-corrected chi connectivity index (χ3v) is 4.52. The van der Waals surface area contributed by atoms with E-state index < -0.39 is 0 Å². The zero-order chi connectivity index (χ0) is 14.5.